The number of esters is 2. The van der Waals surface area contributed by atoms with Gasteiger partial charge in [-0.25, -0.2) is 9.59 Å². The molecule has 7 nitrogen and oxygen atoms in total. The molecule has 0 N–H and O–H groups in total. The number of piperidine rings is 1. The molecule has 0 unspecified atom stereocenters. The van der Waals surface area contributed by atoms with Crippen molar-refractivity contribution < 1.29 is 28.7 Å². The van der Waals surface area contributed by atoms with E-state index in [1.54, 1.807) is 0 Å². The third-order valence-electron chi connectivity index (χ3n) is 3.79. The summed E-state index contributed by atoms with van der Waals surface area (Å²) in [6.07, 6.45) is 2.97. The van der Waals surface area contributed by atoms with Gasteiger partial charge in [-0.2, -0.15) is 0 Å². The molecule has 1 amide bonds. The molecule has 23 heavy (non-hydrogen) atoms. The average molecular weight is 325 g/mol. The van der Waals surface area contributed by atoms with Crippen molar-refractivity contribution in [1.82, 2.24) is 4.90 Å². The lowest BCUT2D eigenvalue weighted by Crippen LogP contribution is -2.53. The van der Waals surface area contributed by atoms with Gasteiger partial charge in [-0.05, 0) is 33.1 Å². The summed E-state index contributed by atoms with van der Waals surface area (Å²) in [6, 6.07) is -0.739. The lowest BCUT2D eigenvalue weighted by Gasteiger charge is -2.35. The first-order valence-electron chi connectivity index (χ1n) is 7.47. The third kappa shape index (κ3) is 4.64. The molecule has 1 rings (SSSR count). The number of rotatable bonds is 6. The van der Waals surface area contributed by atoms with E-state index in [1.165, 1.54) is 25.9 Å². The topological polar surface area (TPSA) is 90.0 Å². The Bertz CT molecular complexity index is 511. The summed E-state index contributed by atoms with van der Waals surface area (Å²) in [4.78, 5) is 49.1. The Morgan fingerprint density at radius 2 is 1.91 bits per heavy atom. The Morgan fingerprint density at radius 3 is 2.48 bits per heavy atom. The Labute approximate surface area is 135 Å². The number of hydrogen-bond donors (Lipinski definition) is 0. The van der Waals surface area contributed by atoms with Crippen LogP contribution in [0.2, 0.25) is 0 Å². The van der Waals surface area contributed by atoms with Crippen LogP contribution in [0.1, 0.15) is 33.1 Å². The molecule has 0 bridgehead atoms. The predicted molar refractivity (Wildman–Crippen MR) is 81.3 cm³/mol. The van der Waals surface area contributed by atoms with Gasteiger partial charge in [0.15, 0.2) is 0 Å². The van der Waals surface area contributed by atoms with Gasteiger partial charge in [0.2, 0.25) is 5.78 Å². The van der Waals surface area contributed by atoms with Gasteiger partial charge >= 0.3 is 11.9 Å². The largest absolute Gasteiger partial charge is 0.467 e. The minimum Gasteiger partial charge on any atom is -0.467 e. The normalized spacial score (nSPS) is 18.0. The number of ketones is 1. The number of ether oxygens (including phenoxy) is 2. The van der Waals surface area contributed by atoms with Gasteiger partial charge in [0.1, 0.15) is 12.6 Å². The molecule has 128 valence electrons. The van der Waals surface area contributed by atoms with Gasteiger partial charge in [-0.3, -0.25) is 9.59 Å². The van der Waals surface area contributed by atoms with E-state index in [-0.39, 0.29) is 6.61 Å². The van der Waals surface area contributed by atoms with Crippen molar-refractivity contribution in [2.75, 3.05) is 20.3 Å². The van der Waals surface area contributed by atoms with E-state index in [9.17, 15) is 19.2 Å². The Balaban J connectivity index is 2.83. The first-order valence-corrected chi connectivity index (χ1v) is 7.47. The predicted octanol–water partition coefficient (Wildman–Crippen LogP) is 0.865. The minimum absolute atomic E-state index is 0.237. The van der Waals surface area contributed by atoms with Crippen molar-refractivity contribution in [3.8, 4) is 0 Å². The molecule has 0 aliphatic carbocycles. The van der Waals surface area contributed by atoms with Crippen LogP contribution in [0.25, 0.3) is 0 Å². The summed E-state index contributed by atoms with van der Waals surface area (Å²) in [7, 11) is 1.25. The van der Waals surface area contributed by atoms with Crippen LogP contribution in [0.3, 0.4) is 0 Å². The summed E-state index contributed by atoms with van der Waals surface area (Å²) in [5.74, 6) is -2.64. The van der Waals surface area contributed by atoms with Crippen LogP contribution in [0.4, 0.5) is 0 Å². The van der Waals surface area contributed by atoms with Crippen LogP contribution in [-0.4, -0.2) is 54.8 Å². The maximum atomic E-state index is 12.5. The van der Waals surface area contributed by atoms with Crippen molar-refractivity contribution >= 4 is 23.6 Å². The summed E-state index contributed by atoms with van der Waals surface area (Å²) in [5.41, 5.74) is -1.19. The van der Waals surface area contributed by atoms with Gasteiger partial charge in [-0.1, -0.05) is 6.58 Å². The highest BCUT2D eigenvalue weighted by atomic mass is 16.5. The summed E-state index contributed by atoms with van der Waals surface area (Å²) >= 11 is 0. The smallest absolute Gasteiger partial charge is 0.330 e. The quantitative estimate of drug-likeness (QED) is 0.409. The molecule has 0 spiro atoms. The van der Waals surface area contributed by atoms with E-state index in [1.807, 2.05) is 0 Å². The van der Waals surface area contributed by atoms with E-state index in [0.717, 1.165) is 18.9 Å². The second-order valence-electron chi connectivity index (χ2n) is 6.06. The first-order chi connectivity index (χ1) is 10.7. The Kier molecular flexibility index (Phi) is 6.48. The van der Waals surface area contributed by atoms with Gasteiger partial charge in [0.25, 0.3) is 5.91 Å². The molecule has 0 aromatic heterocycles. The van der Waals surface area contributed by atoms with E-state index >= 15 is 0 Å². The fourth-order valence-electron chi connectivity index (χ4n) is 2.35. The highest BCUT2D eigenvalue weighted by Gasteiger charge is 2.41. The Morgan fingerprint density at radius 1 is 1.26 bits per heavy atom. The van der Waals surface area contributed by atoms with Crippen molar-refractivity contribution in [2.24, 2.45) is 5.41 Å². The molecule has 7 heteroatoms. The molecule has 0 aromatic carbocycles. The van der Waals surface area contributed by atoms with Crippen molar-refractivity contribution in [1.29, 1.82) is 0 Å². The summed E-state index contributed by atoms with van der Waals surface area (Å²) < 4.78 is 9.57. The second kappa shape index (κ2) is 7.89. The van der Waals surface area contributed by atoms with Gasteiger partial charge in [0, 0.05) is 12.6 Å². The lowest BCUT2D eigenvalue weighted by atomic mass is 9.87. The molecular formula is C16H23NO6. The second-order valence-corrected chi connectivity index (χ2v) is 6.06. The molecule has 0 saturated carbocycles. The highest BCUT2D eigenvalue weighted by Crippen LogP contribution is 2.23. The maximum Gasteiger partial charge on any atom is 0.330 e. The number of carbonyl (C=O) groups is 4. The zero-order chi connectivity index (χ0) is 17.6. The summed E-state index contributed by atoms with van der Waals surface area (Å²) in [6.45, 7) is 6.39. The van der Waals surface area contributed by atoms with Gasteiger partial charge < -0.3 is 14.4 Å². The fourth-order valence-corrected chi connectivity index (χ4v) is 2.35. The minimum atomic E-state index is -1.19. The number of carbonyl (C=O) groups excluding carboxylic acids is 4. The van der Waals surface area contributed by atoms with Crippen molar-refractivity contribution in [3.63, 3.8) is 0 Å². The number of methoxy groups -OCH3 is 1. The van der Waals surface area contributed by atoms with Crippen LogP contribution >= 0.6 is 0 Å². The van der Waals surface area contributed by atoms with E-state index in [0.29, 0.717) is 13.0 Å². The molecule has 0 aromatic rings. The molecule has 1 aliphatic rings. The molecule has 1 saturated heterocycles. The standard InChI is InChI=1S/C16H23NO6/c1-5-12(18)23-10-16(2,3)13(19)14(20)17-9-7-6-8-11(17)15(21)22-4/h5,11H,1,6-10H2,2-4H3/t11-/m0/s1. The molecule has 1 aliphatic heterocycles. The zero-order valence-corrected chi connectivity index (χ0v) is 13.8. The lowest BCUT2D eigenvalue weighted by molar-refractivity contribution is -0.161. The monoisotopic (exact) mass is 325 g/mol. The first kappa shape index (κ1) is 18.9. The number of amides is 1. The molecule has 1 heterocycles. The van der Waals surface area contributed by atoms with Crippen molar-refractivity contribution in [2.45, 2.75) is 39.2 Å². The van der Waals surface area contributed by atoms with Crippen LogP contribution in [-0.2, 0) is 28.7 Å². The number of likely N-dealkylation sites (tertiary alicyclic amines) is 1. The number of nitrogens with zero attached hydrogens (tertiary/aromatic N) is 1. The van der Waals surface area contributed by atoms with Crippen LogP contribution in [0, 0.1) is 5.41 Å². The highest BCUT2D eigenvalue weighted by molar-refractivity contribution is 6.38. The van der Waals surface area contributed by atoms with Crippen molar-refractivity contribution in [3.05, 3.63) is 12.7 Å². The molecule has 0 radical (unpaired) electrons. The third-order valence-corrected chi connectivity index (χ3v) is 3.79. The SMILES string of the molecule is C=CC(=O)OCC(C)(C)C(=O)C(=O)N1CCCC[C@H]1C(=O)OC. The average Bonchev–Trinajstić information content (AvgIpc) is 2.57. The van der Waals surface area contributed by atoms with Gasteiger partial charge in [0.05, 0.1) is 12.5 Å². The molecule has 1 fully saturated rings. The molecule has 1 atom stereocenters. The Hall–Kier alpha value is -2.18. The fraction of sp³-hybridized carbons (Fsp3) is 0.625. The van der Waals surface area contributed by atoms with Gasteiger partial charge in [-0.15, -0.1) is 0 Å². The maximum absolute atomic E-state index is 12.5. The molecular weight excluding hydrogens is 302 g/mol. The number of Topliss-reactive ketones (excluding diaryl/α,β-unsaturated/α-hetero) is 1. The van der Waals surface area contributed by atoms with E-state index in [2.05, 4.69) is 6.58 Å². The van der Waals surface area contributed by atoms with E-state index < -0.39 is 35.1 Å². The number of hydrogen-bond acceptors (Lipinski definition) is 6. The van der Waals surface area contributed by atoms with E-state index in [4.69, 9.17) is 9.47 Å². The van der Waals surface area contributed by atoms with Crippen LogP contribution in [0.15, 0.2) is 12.7 Å². The zero-order valence-electron chi connectivity index (χ0n) is 13.8. The van der Waals surface area contributed by atoms with Crippen LogP contribution in [0.5, 0.6) is 0 Å². The summed E-state index contributed by atoms with van der Waals surface area (Å²) in [5, 5.41) is 0. The van der Waals surface area contributed by atoms with Crippen LogP contribution < -0.4 is 0 Å².